The molecule has 3 amide bonds. The highest BCUT2D eigenvalue weighted by Gasteiger charge is 2.43. The smallest absolute Gasteiger partial charge is 0.330 e. The maximum atomic E-state index is 14.0. The molecular weight excluding hydrogens is 620 g/mol. The Morgan fingerprint density at radius 3 is 2.43 bits per heavy atom. The Balaban J connectivity index is 1.21. The van der Waals surface area contributed by atoms with Crippen molar-refractivity contribution in [1.29, 1.82) is 0 Å². The quantitative estimate of drug-likeness (QED) is 0.184. The molecule has 2 saturated carbocycles. The largest absolute Gasteiger partial charge is 0.466 e. The fourth-order valence-corrected chi connectivity index (χ4v) is 7.68. The number of hydrogen-bond acceptors (Lipinski definition) is 7. The van der Waals surface area contributed by atoms with Gasteiger partial charge in [0.25, 0.3) is 5.91 Å². The van der Waals surface area contributed by atoms with E-state index in [1.807, 2.05) is 22.8 Å². The highest BCUT2D eigenvalue weighted by atomic mass is 16.5. The summed E-state index contributed by atoms with van der Waals surface area (Å²) in [6.45, 7) is 0.0990. The molecule has 0 bridgehead atoms. The predicted molar refractivity (Wildman–Crippen MR) is 187 cm³/mol. The molecule has 0 spiro atoms. The summed E-state index contributed by atoms with van der Waals surface area (Å²) in [5.41, 5.74) is 4.28. The van der Waals surface area contributed by atoms with E-state index in [0.29, 0.717) is 41.5 Å². The van der Waals surface area contributed by atoms with Crippen molar-refractivity contribution in [1.82, 2.24) is 19.9 Å². The van der Waals surface area contributed by atoms with Gasteiger partial charge in [0, 0.05) is 42.2 Å². The number of rotatable bonds is 7. The molecule has 252 valence electrons. The molecule has 0 unspecified atom stereocenters. The van der Waals surface area contributed by atoms with Crippen LogP contribution in [0.3, 0.4) is 0 Å². The van der Waals surface area contributed by atoms with E-state index in [1.54, 1.807) is 54.7 Å². The van der Waals surface area contributed by atoms with Gasteiger partial charge < -0.3 is 19.9 Å². The molecule has 7 rings (SSSR count). The molecule has 11 nitrogen and oxygen atoms in total. The van der Waals surface area contributed by atoms with Crippen LogP contribution in [0.1, 0.15) is 85.2 Å². The third-order valence-corrected chi connectivity index (χ3v) is 10.3. The van der Waals surface area contributed by atoms with Crippen LogP contribution in [0.2, 0.25) is 0 Å². The third kappa shape index (κ3) is 6.09. The number of hydrogen-bond donors (Lipinski definition) is 2. The van der Waals surface area contributed by atoms with E-state index in [2.05, 4.69) is 20.4 Å². The normalized spacial score (nSPS) is 17.4. The maximum absolute atomic E-state index is 14.0. The maximum Gasteiger partial charge on any atom is 0.330 e. The lowest BCUT2D eigenvalue weighted by Gasteiger charge is -2.29. The number of nitrogens with one attached hydrogen (secondary N) is 2. The van der Waals surface area contributed by atoms with E-state index in [4.69, 9.17) is 4.98 Å². The summed E-state index contributed by atoms with van der Waals surface area (Å²) in [5, 5.41) is 7.13. The van der Waals surface area contributed by atoms with E-state index >= 15 is 0 Å². The van der Waals surface area contributed by atoms with E-state index in [9.17, 15) is 19.2 Å². The molecule has 0 saturated heterocycles. The molecule has 1 aliphatic heterocycles. The van der Waals surface area contributed by atoms with Crippen LogP contribution >= 0.6 is 0 Å². The van der Waals surface area contributed by atoms with Gasteiger partial charge in [-0.15, -0.1) is 0 Å². The Morgan fingerprint density at radius 2 is 1.69 bits per heavy atom. The van der Waals surface area contributed by atoms with Crippen molar-refractivity contribution in [2.45, 2.75) is 75.8 Å². The monoisotopic (exact) mass is 660 g/mol. The van der Waals surface area contributed by atoms with E-state index < -0.39 is 11.5 Å². The average molecular weight is 661 g/mol. The summed E-state index contributed by atoms with van der Waals surface area (Å²) in [5.74, 6) is -0.328. The molecule has 2 N–H and O–H groups in total. The number of nitrogens with zero attached hydrogens (tertiary/aromatic N) is 4. The van der Waals surface area contributed by atoms with Crippen LogP contribution in [-0.2, 0) is 25.7 Å². The number of carbonyl (C=O) groups is 4. The Labute approximate surface area is 284 Å². The van der Waals surface area contributed by atoms with Crippen molar-refractivity contribution >= 4 is 52.2 Å². The van der Waals surface area contributed by atoms with Gasteiger partial charge in [0.1, 0.15) is 17.8 Å². The minimum atomic E-state index is -1.06. The zero-order valence-corrected chi connectivity index (χ0v) is 27.8. The van der Waals surface area contributed by atoms with Gasteiger partial charge >= 0.3 is 5.97 Å². The molecule has 3 heterocycles. The van der Waals surface area contributed by atoms with Crippen LogP contribution in [0.15, 0.2) is 60.9 Å². The molecule has 2 fully saturated rings. The lowest BCUT2D eigenvalue weighted by molar-refractivity contribution is -0.134. The van der Waals surface area contributed by atoms with Crippen molar-refractivity contribution in [3.63, 3.8) is 0 Å². The first-order chi connectivity index (χ1) is 23.8. The minimum Gasteiger partial charge on any atom is -0.466 e. The Kier molecular flexibility index (Phi) is 8.75. The summed E-state index contributed by atoms with van der Waals surface area (Å²) in [6.07, 6.45) is 14.5. The lowest BCUT2D eigenvalue weighted by Crippen LogP contribution is -2.55. The number of likely N-dealkylation sites (N-methyl/N-ethyl adjacent to an activating group) is 1. The van der Waals surface area contributed by atoms with Crippen LogP contribution in [0, 0.1) is 0 Å². The fraction of sp³-hybridized carbons (Fsp3) is 0.368. The number of benzene rings is 2. The first-order valence-electron chi connectivity index (χ1n) is 17.0. The number of carbonyl (C=O) groups excluding carboxylic acids is 4. The van der Waals surface area contributed by atoms with Crippen molar-refractivity contribution < 1.29 is 23.9 Å². The second-order valence-electron chi connectivity index (χ2n) is 13.3. The van der Waals surface area contributed by atoms with Crippen LogP contribution in [0.4, 0.5) is 11.5 Å². The average Bonchev–Trinajstić information content (AvgIpc) is 3.71. The number of esters is 1. The van der Waals surface area contributed by atoms with Gasteiger partial charge in [0.15, 0.2) is 5.82 Å². The van der Waals surface area contributed by atoms with Gasteiger partial charge in [-0.1, -0.05) is 50.3 Å². The van der Waals surface area contributed by atoms with Gasteiger partial charge in [-0.25, -0.2) is 14.8 Å². The number of aromatic nitrogens is 3. The summed E-state index contributed by atoms with van der Waals surface area (Å²) in [4.78, 5) is 63.6. The van der Waals surface area contributed by atoms with E-state index in [0.717, 1.165) is 60.7 Å². The van der Waals surface area contributed by atoms with E-state index in [1.165, 1.54) is 25.2 Å². The van der Waals surface area contributed by atoms with Gasteiger partial charge in [-0.05, 0) is 73.1 Å². The summed E-state index contributed by atoms with van der Waals surface area (Å²) in [7, 11) is 3.05. The number of methoxy groups -OCH3 is 1. The van der Waals surface area contributed by atoms with Crippen LogP contribution in [-0.4, -0.2) is 57.9 Å². The van der Waals surface area contributed by atoms with Crippen LogP contribution in [0.5, 0.6) is 0 Å². The molecular formula is C38H40N6O5. The molecule has 2 aromatic carbocycles. The van der Waals surface area contributed by atoms with Gasteiger partial charge in [-0.3, -0.25) is 19.3 Å². The van der Waals surface area contributed by atoms with E-state index in [-0.39, 0.29) is 24.3 Å². The van der Waals surface area contributed by atoms with Gasteiger partial charge in [0.2, 0.25) is 11.8 Å². The first kappa shape index (κ1) is 32.2. The zero-order valence-electron chi connectivity index (χ0n) is 27.8. The Morgan fingerprint density at radius 1 is 0.959 bits per heavy atom. The number of ether oxygens (including phenoxy) is 1. The Bertz CT molecular complexity index is 1970. The molecule has 0 atom stereocenters. The fourth-order valence-electron chi connectivity index (χ4n) is 7.68. The van der Waals surface area contributed by atoms with Crippen molar-refractivity contribution in [3.05, 3.63) is 77.6 Å². The van der Waals surface area contributed by atoms with Crippen molar-refractivity contribution in [3.8, 4) is 11.4 Å². The molecule has 0 radical (unpaired) electrons. The number of fused-ring (bicyclic) bond motifs is 5. The third-order valence-electron chi connectivity index (χ3n) is 10.3. The second-order valence-corrected chi connectivity index (χ2v) is 13.3. The number of anilines is 2. The summed E-state index contributed by atoms with van der Waals surface area (Å²) in [6, 6.07) is 12.8. The summed E-state index contributed by atoms with van der Waals surface area (Å²) >= 11 is 0. The van der Waals surface area contributed by atoms with Crippen molar-refractivity contribution in [2.24, 2.45) is 0 Å². The lowest BCUT2D eigenvalue weighted by atomic mass is 9.82. The minimum absolute atomic E-state index is 0.0990. The first-order valence-corrected chi connectivity index (χ1v) is 17.0. The molecule has 2 aromatic heterocycles. The van der Waals surface area contributed by atoms with Crippen molar-refractivity contribution in [2.75, 3.05) is 24.4 Å². The topological polar surface area (TPSA) is 136 Å². The molecule has 49 heavy (non-hydrogen) atoms. The molecule has 11 heteroatoms. The van der Waals surface area contributed by atoms with Crippen LogP contribution in [0.25, 0.3) is 28.4 Å². The standard InChI is InChI=1S/C38H40N6O5/c1-43-30(45)23-44-29-22-26(13-16-28(29)32(25-8-4-3-5-9-25)34(44)33-35(43)40-21-20-39-33)36(47)42-38(18-6-7-19-38)37(48)41-27-14-10-24(11-15-27)12-17-31(46)49-2/h10-17,20-22,25H,3-9,18-19,23H2,1-2H3,(H,41,48)(H,42,47)/b17-12+. The highest BCUT2D eigenvalue weighted by Crippen LogP contribution is 2.46. The SMILES string of the molecule is COC(=O)/C=C/c1ccc(NC(=O)C2(NC(=O)c3ccc4c(C5CCCCC5)c5n(c4c3)CC(=O)N(C)c3nccnc3-5)CCCC2)cc1. The molecule has 2 aliphatic carbocycles. The molecule has 4 aromatic rings. The summed E-state index contributed by atoms with van der Waals surface area (Å²) < 4.78 is 6.65. The molecule has 3 aliphatic rings. The van der Waals surface area contributed by atoms with Gasteiger partial charge in [-0.2, -0.15) is 0 Å². The number of amides is 3. The Hall–Kier alpha value is -5.32. The van der Waals surface area contributed by atoms with Crippen LogP contribution < -0.4 is 15.5 Å². The predicted octanol–water partition coefficient (Wildman–Crippen LogP) is 5.99. The highest BCUT2D eigenvalue weighted by molar-refractivity contribution is 6.07. The zero-order chi connectivity index (χ0) is 34.1. The second kappa shape index (κ2) is 13.3. The van der Waals surface area contributed by atoms with Gasteiger partial charge in [0.05, 0.1) is 18.3 Å².